The van der Waals surface area contributed by atoms with Gasteiger partial charge in [-0.2, -0.15) is 0 Å². The van der Waals surface area contributed by atoms with Crippen LogP contribution in [0.5, 0.6) is 0 Å². The van der Waals surface area contributed by atoms with E-state index in [4.69, 9.17) is 0 Å². The van der Waals surface area contributed by atoms with E-state index in [0.29, 0.717) is 5.25 Å². The minimum absolute atomic E-state index is 0.0462. The number of carbonyl (C=O) groups is 2. The van der Waals surface area contributed by atoms with Gasteiger partial charge < -0.3 is 20.4 Å². The zero-order valence-electron chi connectivity index (χ0n) is 13.7. The Morgan fingerprint density at radius 2 is 1.96 bits per heavy atom. The summed E-state index contributed by atoms with van der Waals surface area (Å²) < 4.78 is 0. The molecule has 3 aliphatic heterocycles. The fraction of sp³-hybridized carbons (Fsp3) is 0.750. The Bertz CT molecular complexity index is 563. The molecule has 0 spiro atoms. The molecule has 3 aliphatic rings. The van der Waals surface area contributed by atoms with Gasteiger partial charge in [0.1, 0.15) is 5.70 Å². The van der Waals surface area contributed by atoms with Crippen LogP contribution >= 0.6 is 11.8 Å². The molecule has 2 fully saturated rings. The van der Waals surface area contributed by atoms with E-state index in [0.717, 1.165) is 30.8 Å². The normalized spacial score (nSPS) is 32.1. The molecule has 0 aliphatic carbocycles. The number of nitrogens with one attached hydrogen (secondary N) is 1. The van der Waals surface area contributed by atoms with Gasteiger partial charge in [-0.25, -0.2) is 4.79 Å². The van der Waals surface area contributed by atoms with E-state index in [1.807, 2.05) is 6.92 Å². The fourth-order valence-corrected chi connectivity index (χ4v) is 5.44. The van der Waals surface area contributed by atoms with Crippen LogP contribution in [0.3, 0.4) is 0 Å². The van der Waals surface area contributed by atoms with Gasteiger partial charge in [-0.1, -0.05) is 6.92 Å². The number of carboxylic acids is 1. The first-order chi connectivity index (χ1) is 10.7. The molecule has 0 bridgehead atoms. The molecule has 0 aromatic rings. The van der Waals surface area contributed by atoms with Crippen molar-refractivity contribution in [1.82, 2.24) is 10.2 Å². The van der Waals surface area contributed by atoms with Crippen molar-refractivity contribution in [3.8, 4) is 0 Å². The van der Waals surface area contributed by atoms with Gasteiger partial charge in [-0.3, -0.25) is 4.79 Å². The molecule has 3 heterocycles. The first kappa shape index (κ1) is 16.8. The van der Waals surface area contributed by atoms with Gasteiger partial charge in [-0.15, -0.1) is 11.8 Å². The van der Waals surface area contributed by atoms with Crippen molar-refractivity contribution in [3.63, 3.8) is 0 Å². The van der Waals surface area contributed by atoms with Crippen molar-refractivity contribution >= 4 is 23.6 Å². The van der Waals surface area contributed by atoms with E-state index in [2.05, 4.69) is 5.32 Å². The molecular weight excluding hydrogens is 316 g/mol. The van der Waals surface area contributed by atoms with E-state index in [-0.39, 0.29) is 23.6 Å². The van der Waals surface area contributed by atoms with Gasteiger partial charge in [0.15, 0.2) is 0 Å². The van der Waals surface area contributed by atoms with E-state index < -0.39 is 17.5 Å². The molecule has 6 nitrogen and oxygen atoms in total. The molecule has 3 atom stereocenters. The third kappa shape index (κ3) is 2.68. The van der Waals surface area contributed by atoms with Gasteiger partial charge in [0, 0.05) is 16.1 Å². The third-order valence-electron chi connectivity index (χ3n) is 5.09. The van der Waals surface area contributed by atoms with Crippen molar-refractivity contribution in [3.05, 3.63) is 10.6 Å². The van der Waals surface area contributed by atoms with Crippen LogP contribution in [0.4, 0.5) is 0 Å². The Labute approximate surface area is 140 Å². The predicted octanol–water partition coefficient (Wildman–Crippen LogP) is 1.02. The maximum atomic E-state index is 12.4. The quantitative estimate of drug-likeness (QED) is 0.662. The average Bonchev–Trinajstić information content (AvgIpc) is 2.69. The van der Waals surface area contributed by atoms with Crippen molar-refractivity contribution in [1.29, 1.82) is 0 Å². The summed E-state index contributed by atoms with van der Waals surface area (Å²) in [6.45, 7) is 7.11. The molecule has 0 radical (unpaired) electrons. The Morgan fingerprint density at radius 3 is 2.48 bits per heavy atom. The average molecular weight is 340 g/mol. The SMILES string of the molecule is C[C@H]1C(SC2CCNCC2)=C(C(=O)O)N2C(=O)[C@H](C(C)(C)O)[C@@H]12. The summed E-state index contributed by atoms with van der Waals surface area (Å²) in [6.07, 6.45) is 2.00. The van der Waals surface area contributed by atoms with Crippen molar-refractivity contribution in [2.45, 2.75) is 50.5 Å². The third-order valence-corrected chi connectivity index (χ3v) is 6.71. The smallest absolute Gasteiger partial charge is 0.353 e. The van der Waals surface area contributed by atoms with Gasteiger partial charge in [-0.05, 0) is 39.8 Å². The summed E-state index contributed by atoms with van der Waals surface area (Å²) in [4.78, 5) is 26.4. The van der Waals surface area contributed by atoms with Crippen LogP contribution < -0.4 is 5.32 Å². The highest BCUT2D eigenvalue weighted by atomic mass is 32.2. The van der Waals surface area contributed by atoms with E-state index in [1.165, 1.54) is 4.90 Å². The van der Waals surface area contributed by atoms with Gasteiger partial charge in [0.05, 0.1) is 17.6 Å². The number of hydrogen-bond acceptors (Lipinski definition) is 5. The van der Waals surface area contributed by atoms with Gasteiger partial charge in [0.2, 0.25) is 5.91 Å². The standard InChI is InChI=1S/C16H24N2O4S/c1-8-11-10(16(2,3)22)14(19)18(11)12(15(20)21)13(8)23-9-4-6-17-7-5-9/h8-11,17,22H,4-7H2,1-3H3,(H,20,21)/t8-,10-,11-/m1/s1. The maximum absolute atomic E-state index is 12.4. The first-order valence-electron chi connectivity index (χ1n) is 8.13. The minimum Gasteiger partial charge on any atom is -0.477 e. The van der Waals surface area contributed by atoms with Crippen LogP contribution in [0.1, 0.15) is 33.6 Å². The summed E-state index contributed by atoms with van der Waals surface area (Å²) in [7, 11) is 0. The largest absolute Gasteiger partial charge is 0.477 e. The number of thioether (sulfide) groups is 1. The molecule has 0 aromatic heterocycles. The molecule has 128 valence electrons. The van der Waals surface area contributed by atoms with Crippen molar-refractivity contribution < 1.29 is 19.8 Å². The van der Waals surface area contributed by atoms with Crippen LogP contribution in [0.2, 0.25) is 0 Å². The number of hydrogen-bond donors (Lipinski definition) is 3. The summed E-state index contributed by atoms with van der Waals surface area (Å²) in [6, 6.07) is -0.238. The number of carbonyl (C=O) groups excluding carboxylic acids is 1. The monoisotopic (exact) mass is 340 g/mol. The summed E-state index contributed by atoms with van der Waals surface area (Å²) >= 11 is 1.62. The van der Waals surface area contributed by atoms with Crippen LogP contribution in [-0.2, 0) is 9.59 Å². The van der Waals surface area contributed by atoms with Crippen molar-refractivity contribution in [2.75, 3.05) is 13.1 Å². The van der Waals surface area contributed by atoms with Crippen molar-refractivity contribution in [2.24, 2.45) is 11.8 Å². The lowest BCUT2D eigenvalue weighted by molar-refractivity contribution is -0.171. The molecule has 2 saturated heterocycles. The van der Waals surface area contributed by atoms with Crippen LogP contribution in [0.25, 0.3) is 0 Å². The van der Waals surface area contributed by atoms with Crippen LogP contribution in [0.15, 0.2) is 10.6 Å². The molecule has 3 N–H and O–H groups in total. The number of β-lactam (4-membered cyclic amide) rings is 1. The first-order valence-corrected chi connectivity index (χ1v) is 9.01. The molecular formula is C16H24N2O4S. The number of piperidine rings is 1. The van der Waals surface area contributed by atoms with Crippen LogP contribution in [-0.4, -0.2) is 57.0 Å². The Hall–Kier alpha value is -1.05. The van der Waals surface area contributed by atoms with Crippen LogP contribution in [0, 0.1) is 11.8 Å². The summed E-state index contributed by atoms with van der Waals surface area (Å²) in [5, 5.41) is 23.6. The zero-order valence-corrected chi connectivity index (χ0v) is 14.5. The highest BCUT2D eigenvalue weighted by molar-refractivity contribution is 8.03. The molecule has 1 amide bonds. The lowest BCUT2D eigenvalue weighted by Gasteiger charge is -2.49. The molecule has 0 saturated carbocycles. The Kier molecular flexibility index (Phi) is 4.23. The Balaban J connectivity index is 1.88. The topological polar surface area (TPSA) is 89.9 Å². The van der Waals surface area contributed by atoms with E-state index in [1.54, 1.807) is 25.6 Å². The van der Waals surface area contributed by atoms with Gasteiger partial charge >= 0.3 is 5.97 Å². The minimum atomic E-state index is -1.13. The molecule has 0 unspecified atom stereocenters. The second kappa shape index (κ2) is 5.79. The fourth-order valence-electron chi connectivity index (χ4n) is 3.96. The second-order valence-electron chi connectivity index (χ2n) is 7.20. The Morgan fingerprint density at radius 1 is 1.35 bits per heavy atom. The van der Waals surface area contributed by atoms with Gasteiger partial charge in [0.25, 0.3) is 0 Å². The lowest BCUT2D eigenvalue weighted by Crippen LogP contribution is -2.66. The molecule has 7 heteroatoms. The summed E-state index contributed by atoms with van der Waals surface area (Å²) in [5.41, 5.74) is -0.998. The predicted molar refractivity (Wildman–Crippen MR) is 87.7 cm³/mol. The highest BCUT2D eigenvalue weighted by Gasteiger charge is 2.62. The lowest BCUT2D eigenvalue weighted by atomic mass is 9.73. The molecule has 3 rings (SSSR count). The maximum Gasteiger partial charge on any atom is 0.353 e. The number of rotatable bonds is 4. The molecule has 0 aromatic carbocycles. The number of aliphatic carboxylic acids is 1. The molecule has 23 heavy (non-hydrogen) atoms. The van der Waals surface area contributed by atoms with E-state index in [9.17, 15) is 19.8 Å². The second-order valence-corrected chi connectivity index (χ2v) is 8.55. The zero-order chi connectivity index (χ0) is 16.9. The number of carboxylic acid groups (broad SMARTS) is 1. The highest BCUT2D eigenvalue weighted by Crippen LogP contribution is 2.53. The number of amides is 1. The number of fused-ring (bicyclic) bond motifs is 1. The van der Waals surface area contributed by atoms with E-state index >= 15 is 0 Å². The number of nitrogens with zero attached hydrogens (tertiary/aromatic N) is 1. The number of aliphatic hydroxyl groups is 1. The summed E-state index contributed by atoms with van der Waals surface area (Å²) in [5.74, 6) is -1.89.